The monoisotopic (exact) mass is 300 g/mol. The van der Waals surface area contributed by atoms with E-state index in [1.54, 1.807) is 16.7 Å². The molecule has 1 atom stereocenters. The molecule has 1 rings (SSSR count). The van der Waals surface area contributed by atoms with Crippen molar-refractivity contribution in [1.82, 2.24) is 9.80 Å². The molecule has 0 radical (unpaired) electrons. The lowest BCUT2D eigenvalue weighted by molar-refractivity contribution is -0.139. The minimum atomic E-state index is -0.802. The van der Waals surface area contributed by atoms with Gasteiger partial charge in [-0.05, 0) is 13.8 Å². The summed E-state index contributed by atoms with van der Waals surface area (Å²) in [6.45, 7) is 9.99. The molecule has 1 saturated heterocycles. The number of hydrogen-bond donors (Lipinski definition) is 1. The highest BCUT2D eigenvalue weighted by atomic mass is 32.2. The fraction of sp³-hybridized carbons (Fsp3) is 0.714. The normalized spacial score (nSPS) is 19.6. The van der Waals surface area contributed by atoms with Crippen LogP contribution < -0.4 is 0 Å². The molecule has 1 heterocycles. The van der Waals surface area contributed by atoms with Crippen molar-refractivity contribution in [3.63, 3.8) is 0 Å². The molecule has 114 valence electrons. The molecule has 20 heavy (non-hydrogen) atoms. The Bertz CT molecular complexity index is 373. The van der Waals surface area contributed by atoms with Crippen LogP contribution in [-0.2, 0) is 9.59 Å². The van der Waals surface area contributed by atoms with Gasteiger partial charge in [0.2, 0.25) is 5.91 Å². The van der Waals surface area contributed by atoms with Crippen LogP contribution in [0.25, 0.3) is 0 Å². The van der Waals surface area contributed by atoms with Gasteiger partial charge < -0.3 is 10.0 Å². The summed E-state index contributed by atoms with van der Waals surface area (Å²) in [6, 6.07) is -0.0428. The van der Waals surface area contributed by atoms with Crippen molar-refractivity contribution in [1.29, 1.82) is 0 Å². The molecule has 0 aliphatic carbocycles. The van der Waals surface area contributed by atoms with E-state index in [2.05, 4.69) is 6.58 Å². The molecule has 0 bridgehead atoms. The molecule has 1 amide bonds. The third kappa shape index (κ3) is 5.54. The lowest BCUT2D eigenvalue weighted by Crippen LogP contribution is -2.49. The third-order valence-electron chi connectivity index (χ3n) is 3.29. The van der Waals surface area contributed by atoms with Gasteiger partial charge in [0.1, 0.15) is 0 Å². The maximum atomic E-state index is 12.3. The van der Waals surface area contributed by atoms with Gasteiger partial charge >= 0.3 is 5.97 Å². The predicted molar refractivity (Wildman–Crippen MR) is 82.0 cm³/mol. The van der Waals surface area contributed by atoms with Gasteiger partial charge in [0.15, 0.2) is 0 Å². The summed E-state index contributed by atoms with van der Waals surface area (Å²) in [5, 5.41) is 8.95. The van der Waals surface area contributed by atoms with Crippen LogP contribution in [0.3, 0.4) is 0 Å². The van der Waals surface area contributed by atoms with Crippen LogP contribution in [0.1, 0.15) is 20.3 Å². The number of rotatable bonds is 7. The van der Waals surface area contributed by atoms with Crippen LogP contribution >= 0.6 is 11.8 Å². The molecule has 0 aromatic heterocycles. The van der Waals surface area contributed by atoms with E-state index in [0.29, 0.717) is 19.6 Å². The Balaban J connectivity index is 2.60. The fourth-order valence-electron chi connectivity index (χ4n) is 2.26. The summed E-state index contributed by atoms with van der Waals surface area (Å²) in [5.41, 5.74) is 0.955. The van der Waals surface area contributed by atoms with Crippen LogP contribution in [0.4, 0.5) is 0 Å². The van der Waals surface area contributed by atoms with Gasteiger partial charge in [0, 0.05) is 37.2 Å². The number of aliphatic carboxylic acids is 1. The van der Waals surface area contributed by atoms with Gasteiger partial charge in [0.25, 0.3) is 0 Å². The highest BCUT2D eigenvalue weighted by Crippen LogP contribution is 2.19. The molecule has 0 aromatic rings. The summed E-state index contributed by atoms with van der Waals surface area (Å²) in [7, 11) is 0. The molecule has 5 nitrogen and oxygen atoms in total. The molecule has 1 aliphatic rings. The number of carbonyl (C=O) groups excluding carboxylic acids is 1. The summed E-state index contributed by atoms with van der Waals surface area (Å²) >= 11 is 1.76. The van der Waals surface area contributed by atoms with E-state index in [-0.39, 0.29) is 18.4 Å². The first-order valence-electron chi connectivity index (χ1n) is 6.89. The molecular formula is C14H24N2O3S. The smallest absolute Gasteiger partial charge is 0.304 e. The van der Waals surface area contributed by atoms with Crippen LogP contribution in [0.2, 0.25) is 0 Å². The maximum absolute atomic E-state index is 12.3. The van der Waals surface area contributed by atoms with Gasteiger partial charge in [-0.2, -0.15) is 11.8 Å². The maximum Gasteiger partial charge on any atom is 0.304 e. The third-order valence-corrected chi connectivity index (χ3v) is 4.38. The van der Waals surface area contributed by atoms with E-state index in [1.807, 2.05) is 18.7 Å². The molecule has 6 heteroatoms. The first-order valence-corrected chi connectivity index (χ1v) is 8.05. The Morgan fingerprint density at radius 1 is 1.50 bits per heavy atom. The summed E-state index contributed by atoms with van der Waals surface area (Å²) in [6.07, 6.45) is 0.104. The van der Waals surface area contributed by atoms with E-state index < -0.39 is 5.97 Å². The number of amides is 1. The van der Waals surface area contributed by atoms with E-state index in [4.69, 9.17) is 5.11 Å². The van der Waals surface area contributed by atoms with Crippen molar-refractivity contribution in [3.8, 4) is 0 Å². The van der Waals surface area contributed by atoms with Crippen LogP contribution in [0, 0.1) is 0 Å². The summed E-state index contributed by atoms with van der Waals surface area (Å²) in [4.78, 5) is 27.0. The Morgan fingerprint density at radius 2 is 2.20 bits per heavy atom. The number of hydrogen-bond acceptors (Lipinski definition) is 4. The predicted octanol–water partition coefficient (Wildman–Crippen LogP) is 1.30. The Kier molecular flexibility index (Phi) is 7.09. The van der Waals surface area contributed by atoms with Crippen molar-refractivity contribution >= 4 is 23.6 Å². The summed E-state index contributed by atoms with van der Waals surface area (Å²) < 4.78 is 0. The second kappa shape index (κ2) is 8.32. The first-order chi connectivity index (χ1) is 9.43. The number of carboxylic acid groups (broad SMARTS) is 1. The topological polar surface area (TPSA) is 60.9 Å². The van der Waals surface area contributed by atoms with Crippen LogP contribution in [0.5, 0.6) is 0 Å². The van der Waals surface area contributed by atoms with E-state index in [0.717, 1.165) is 23.6 Å². The van der Waals surface area contributed by atoms with Gasteiger partial charge in [-0.1, -0.05) is 12.2 Å². The van der Waals surface area contributed by atoms with Gasteiger partial charge in [-0.25, -0.2) is 0 Å². The average molecular weight is 300 g/mol. The van der Waals surface area contributed by atoms with E-state index >= 15 is 0 Å². The Hall–Kier alpha value is -1.01. The number of carboxylic acids is 1. The highest BCUT2D eigenvalue weighted by molar-refractivity contribution is 7.99. The SMILES string of the molecule is C=C(C)CN(CC)C(=O)CN1CCSCC1CC(=O)O. The zero-order valence-electron chi connectivity index (χ0n) is 12.3. The standard InChI is InChI=1S/C14H24N2O3S/c1-4-15(8-11(2)3)13(17)9-16-5-6-20-10-12(16)7-14(18)19/h12H,2,4-10H2,1,3H3,(H,18,19). The number of thioether (sulfide) groups is 1. The van der Waals surface area contributed by atoms with Gasteiger partial charge in [-0.15, -0.1) is 0 Å². The Labute approximate surface area is 125 Å². The molecule has 0 aromatic carbocycles. The average Bonchev–Trinajstić information content (AvgIpc) is 2.37. The molecule has 1 aliphatic heterocycles. The molecule has 1 fully saturated rings. The fourth-order valence-corrected chi connectivity index (χ4v) is 3.39. The summed E-state index contributed by atoms with van der Waals surface area (Å²) in [5.74, 6) is 0.990. The number of carbonyl (C=O) groups is 2. The van der Waals surface area contributed by atoms with Gasteiger partial charge in [-0.3, -0.25) is 14.5 Å². The van der Waals surface area contributed by atoms with Crippen molar-refractivity contribution in [2.24, 2.45) is 0 Å². The van der Waals surface area contributed by atoms with Crippen molar-refractivity contribution in [2.75, 3.05) is 37.7 Å². The largest absolute Gasteiger partial charge is 0.481 e. The molecule has 1 N–H and O–H groups in total. The van der Waals surface area contributed by atoms with Crippen LogP contribution in [0.15, 0.2) is 12.2 Å². The highest BCUT2D eigenvalue weighted by Gasteiger charge is 2.27. The molecule has 0 saturated carbocycles. The second-order valence-electron chi connectivity index (χ2n) is 5.16. The number of likely N-dealkylation sites (N-methyl/N-ethyl adjacent to an activating group) is 1. The van der Waals surface area contributed by atoms with Crippen LogP contribution in [-0.4, -0.2) is 70.5 Å². The Morgan fingerprint density at radius 3 is 2.75 bits per heavy atom. The van der Waals surface area contributed by atoms with E-state index in [9.17, 15) is 9.59 Å². The van der Waals surface area contributed by atoms with Crippen molar-refractivity contribution < 1.29 is 14.7 Å². The lowest BCUT2D eigenvalue weighted by atomic mass is 10.2. The van der Waals surface area contributed by atoms with Gasteiger partial charge in [0.05, 0.1) is 13.0 Å². The molecule has 1 unspecified atom stereocenters. The molecule has 0 spiro atoms. The minimum Gasteiger partial charge on any atom is -0.481 e. The zero-order valence-corrected chi connectivity index (χ0v) is 13.1. The van der Waals surface area contributed by atoms with E-state index in [1.165, 1.54) is 0 Å². The lowest BCUT2D eigenvalue weighted by Gasteiger charge is -2.35. The minimum absolute atomic E-state index is 0.0428. The zero-order chi connectivity index (χ0) is 15.1. The quantitative estimate of drug-likeness (QED) is 0.718. The van der Waals surface area contributed by atoms with Crippen molar-refractivity contribution in [3.05, 3.63) is 12.2 Å². The molecular weight excluding hydrogens is 276 g/mol. The first kappa shape index (κ1) is 17.0. The second-order valence-corrected chi connectivity index (χ2v) is 6.31. The van der Waals surface area contributed by atoms with Crippen molar-refractivity contribution in [2.45, 2.75) is 26.3 Å². The number of nitrogens with zero attached hydrogens (tertiary/aromatic N) is 2.